The Bertz CT molecular complexity index is 676. The van der Waals surface area contributed by atoms with Gasteiger partial charge < -0.3 is 14.6 Å². The minimum atomic E-state index is 0.774. The van der Waals surface area contributed by atoms with Crippen LogP contribution in [-0.4, -0.2) is 47.2 Å². The summed E-state index contributed by atoms with van der Waals surface area (Å²) in [4.78, 5) is 6.85. The maximum Gasteiger partial charge on any atom is 0.119 e. The molecule has 3 rings (SSSR count). The Morgan fingerprint density at radius 2 is 1.96 bits per heavy atom. The summed E-state index contributed by atoms with van der Waals surface area (Å²) in [6.07, 6.45) is 5.97. The Morgan fingerprint density at radius 1 is 1.12 bits per heavy atom. The fourth-order valence-corrected chi connectivity index (χ4v) is 3.42. The van der Waals surface area contributed by atoms with Gasteiger partial charge in [-0.1, -0.05) is 18.6 Å². The highest BCUT2D eigenvalue weighted by molar-refractivity contribution is 5.28. The van der Waals surface area contributed by atoms with Gasteiger partial charge in [0.25, 0.3) is 0 Å². The van der Waals surface area contributed by atoms with Crippen molar-refractivity contribution < 1.29 is 4.74 Å². The van der Waals surface area contributed by atoms with Crippen LogP contribution in [0.3, 0.4) is 0 Å². The Hall–Kier alpha value is -1.85. The molecule has 5 heteroatoms. The van der Waals surface area contributed by atoms with Gasteiger partial charge in [-0.2, -0.15) is 0 Å². The van der Waals surface area contributed by atoms with Crippen LogP contribution in [0.15, 0.2) is 30.6 Å². The van der Waals surface area contributed by atoms with Crippen molar-refractivity contribution in [1.82, 2.24) is 19.8 Å². The molecule has 1 saturated heterocycles. The fourth-order valence-electron chi connectivity index (χ4n) is 3.42. The number of imidazole rings is 1. The zero-order chi connectivity index (χ0) is 18.2. The molecular weight excluding hydrogens is 324 g/mol. The lowest BCUT2D eigenvalue weighted by molar-refractivity contribution is 0.183. The molecule has 2 aromatic rings. The number of ether oxygens (including phenoxy) is 1. The Labute approximate surface area is 157 Å². The van der Waals surface area contributed by atoms with Crippen molar-refractivity contribution in [1.29, 1.82) is 0 Å². The zero-order valence-corrected chi connectivity index (χ0v) is 16.2. The summed E-state index contributed by atoms with van der Waals surface area (Å²) in [5.41, 5.74) is 3.62. The van der Waals surface area contributed by atoms with Crippen LogP contribution in [0.4, 0.5) is 0 Å². The van der Waals surface area contributed by atoms with Gasteiger partial charge in [-0.05, 0) is 57.5 Å². The minimum Gasteiger partial charge on any atom is -0.492 e. The van der Waals surface area contributed by atoms with E-state index in [1.165, 1.54) is 43.6 Å². The molecule has 1 N–H and O–H groups in total. The van der Waals surface area contributed by atoms with Gasteiger partial charge in [-0.3, -0.25) is 4.90 Å². The summed E-state index contributed by atoms with van der Waals surface area (Å²) < 4.78 is 8.16. The Balaban J connectivity index is 1.37. The van der Waals surface area contributed by atoms with Crippen molar-refractivity contribution in [3.8, 4) is 5.75 Å². The first kappa shape index (κ1) is 18.9. The number of aryl methyl sites for hydroxylation is 1. The van der Waals surface area contributed by atoms with Crippen LogP contribution < -0.4 is 10.1 Å². The second-order valence-electron chi connectivity index (χ2n) is 7.18. The molecule has 1 aliphatic heterocycles. The topological polar surface area (TPSA) is 42.3 Å². The second kappa shape index (κ2) is 9.74. The highest BCUT2D eigenvalue weighted by Crippen LogP contribution is 2.14. The van der Waals surface area contributed by atoms with Crippen molar-refractivity contribution in [2.45, 2.75) is 46.2 Å². The summed E-state index contributed by atoms with van der Waals surface area (Å²) >= 11 is 0. The molecule has 1 fully saturated rings. The molecule has 0 amide bonds. The van der Waals surface area contributed by atoms with E-state index in [9.17, 15) is 0 Å². The summed E-state index contributed by atoms with van der Waals surface area (Å²) in [7, 11) is 0. The molecule has 0 aliphatic carbocycles. The van der Waals surface area contributed by atoms with Crippen LogP contribution in [0, 0.1) is 13.8 Å². The van der Waals surface area contributed by atoms with E-state index < -0.39 is 0 Å². The van der Waals surface area contributed by atoms with Gasteiger partial charge in [0, 0.05) is 31.9 Å². The first-order valence-corrected chi connectivity index (χ1v) is 9.85. The number of hydrogen-bond acceptors (Lipinski definition) is 4. The van der Waals surface area contributed by atoms with Gasteiger partial charge in [-0.25, -0.2) is 4.98 Å². The summed E-state index contributed by atoms with van der Waals surface area (Å²) in [6, 6.07) is 8.43. The molecule has 5 nitrogen and oxygen atoms in total. The first-order chi connectivity index (χ1) is 12.7. The van der Waals surface area contributed by atoms with Crippen molar-refractivity contribution in [2.24, 2.45) is 0 Å². The number of piperidine rings is 1. The lowest BCUT2D eigenvalue weighted by atomic mass is 10.1. The zero-order valence-electron chi connectivity index (χ0n) is 16.2. The number of benzene rings is 1. The number of hydrogen-bond donors (Lipinski definition) is 1. The van der Waals surface area contributed by atoms with Gasteiger partial charge in [0.15, 0.2) is 0 Å². The molecule has 1 aromatic heterocycles. The SMILES string of the molecule is Cc1ncn(CCNCc2cccc(OCCN3CCCCC3)c2)c1C. The lowest BCUT2D eigenvalue weighted by Crippen LogP contribution is -2.33. The van der Waals surface area contributed by atoms with Crippen LogP contribution >= 0.6 is 0 Å². The molecule has 0 unspecified atom stereocenters. The maximum absolute atomic E-state index is 5.96. The van der Waals surface area contributed by atoms with Crippen molar-refractivity contribution in [3.05, 3.63) is 47.5 Å². The third-order valence-corrected chi connectivity index (χ3v) is 5.23. The summed E-state index contributed by atoms with van der Waals surface area (Å²) in [5.74, 6) is 0.974. The smallest absolute Gasteiger partial charge is 0.119 e. The van der Waals surface area contributed by atoms with Crippen LogP contribution in [0.25, 0.3) is 0 Å². The third-order valence-electron chi connectivity index (χ3n) is 5.23. The van der Waals surface area contributed by atoms with Crippen LogP contribution in [-0.2, 0) is 13.1 Å². The van der Waals surface area contributed by atoms with Gasteiger partial charge in [0.1, 0.15) is 12.4 Å². The van der Waals surface area contributed by atoms with E-state index in [0.717, 1.165) is 44.2 Å². The van der Waals surface area contributed by atoms with Gasteiger partial charge in [0.2, 0.25) is 0 Å². The number of aromatic nitrogens is 2. The van der Waals surface area contributed by atoms with Crippen LogP contribution in [0.5, 0.6) is 5.75 Å². The molecule has 142 valence electrons. The highest BCUT2D eigenvalue weighted by Gasteiger charge is 2.09. The van der Waals surface area contributed by atoms with E-state index in [0.29, 0.717) is 0 Å². The van der Waals surface area contributed by atoms with Gasteiger partial charge in [0.05, 0.1) is 12.0 Å². The van der Waals surface area contributed by atoms with E-state index >= 15 is 0 Å². The normalized spacial score (nSPS) is 15.3. The third kappa shape index (κ3) is 5.58. The van der Waals surface area contributed by atoms with E-state index in [1.54, 1.807) is 0 Å². The first-order valence-electron chi connectivity index (χ1n) is 9.85. The Morgan fingerprint density at radius 3 is 2.73 bits per heavy atom. The summed E-state index contributed by atoms with van der Waals surface area (Å²) in [6.45, 7) is 11.2. The molecule has 0 spiro atoms. The van der Waals surface area contributed by atoms with E-state index in [1.807, 2.05) is 6.33 Å². The average molecular weight is 357 g/mol. The molecule has 26 heavy (non-hydrogen) atoms. The number of nitrogens with one attached hydrogen (secondary N) is 1. The predicted octanol–water partition coefficient (Wildman–Crippen LogP) is 3.15. The number of likely N-dealkylation sites (tertiary alicyclic amines) is 1. The standard InChI is InChI=1S/C21H32N4O/c1-18-19(2)25(17-23-18)12-9-22-16-20-7-6-8-21(15-20)26-14-13-24-10-4-3-5-11-24/h6-8,15,17,22H,3-5,9-14,16H2,1-2H3. The van der Waals surface area contributed by atoms with Crippen molar-refractivity contribution >= 4 is 0 Å². The van der Waals surface area contributed by atoms with Crippen LogP contribution in [0.1, 0.15) is 36.2 Å². The highest BCUT2D eigenvalue weighted by atomic mass is 16.5. The molecule has 0 radical (unpaired) electrons. The van der Waals surface area contributed by atoms with Crippen LogP contribution in [0.2, 0.25) is 0 Å². The van der Waals surface area contributed by atoms with E-state index in [4.69, 9.17) is 4.74 Å². The lowest BCUT2D eigenvalue weighted by Gasteiger charge is -2.26. The predicted molar refractivity (Wildman–Crippen MR) is 106 cm³/mol. The maximum atomic E-state index is 5.96. The van der Waals surface area contributed by atoms with E-state index in [2.05, 4.69) is 57.9 Å². The van der Waals surface area contributed by atoms with E-state index in [-0.39, 0.29) is 0 Å². The fraction of sp³-hybridized carbons (Fsp3) is 0.571. The van der Waals surface area contributed by atoms with Crippen molar-refractivity contribution in [2.75, 3.05) is 32.8 Å². The van der Waals surface area contributed by atoms with Gasteiger partial charge in [-0.15, -0.1) is 0 Å². The molecule has 0 atom stereocenters. The monoisotopic (exact) mass is 356 g/mol. The van der Waals surface area contributed by atoms with Crippen molar-refractivity contribution in [3.63, 3.8) is 0 Å². The second-order valence-corrected chi connectivity index (χ2v) is 7.18. The Kier molecular flexibility index (Phi) is 7.09. The molecule has 0 saturated carbocycles. The molecule has 1 aromatic carbocycles. The molecular formula is C21H32N4O. The minimum absolute atomic E-state index is 0.774. The number of rotatable bonds is 9. The molecule has 2 heterocycles. The molecule has 1 aliphatic rings. The number of nitrogens with zero attached hydrogens (tertiary/aromatic N) is 3. The average Bonchev–Trinajstić information content (AvgIpc) is 2.99. The summed E-state index contributed by atoms with van der Waals surface area (Å²) in [5, 5.41) is 3.51. The quantitative estimate of drug-likeness (QED) is 0.701. The molecule has 0 bridgehead atoms. The largest absolute Gasteiger partial charge is 0.492 e. The van der Waals surface area contributed by atoms with Gasteiger partial charge >= 0.3 is 0 Å².